The van der Waals surface area contributed by atoms with Crippen LogP contribution in [0.15, 0.2) is 44.6 Å². The summed E-state index contributed by atoms with van der Waals surface area (Å²) in [6.45, 7) is 1.79. The third-order valence-electron chi connectivity index (χ3n) is 3.20. The third kappa shape index (κ3) is 4.02. The van der Waals surface area contributed by atoms with Crippen LogP contribution in [-0.4, -0.2) is 21.9 Å². The molecule has 0 aliphatic heterocycles. The Hall–Kier alpha value is -2.76. The molecule has 0 spiro atoms. The Balaban J connectivity index is 1.58. The lowest BCUT2D eigenvalue weighted by molar-refractivity contribution is -0.113. The molecule has 0 bridgehead atoms. The average Bonchev–Trinajstić information content (AvgIpc) is 3.21. The molecule has 3 aromatic rings. The molecular formula is C16H11ClN4O3S. The van der Waals surface area contributed by atoms with Crippen LogP contribution in [0, 0.1) is 18.3 Å². The van der Waals surface area contributed by atoms with Gasteiger partial charge in [-0.1, -0.05) is 23.4 Å². The highest BCUT2D eigenvalue weighted by molar-refractivity contribution is 7.99. The van der Waals surface area contributed by atoms with E-state index in [1.807, 2.05) is 6.07 Å². The van der Waals surface area contributed by atoms with Crippen LogP contribution in [0.1, 0.15) is 11.3 Å². The molecule has 7 nitrogen and oxygen atoms in total. The average molecular weight is 375 g/mol. The summed E-state index contributed by atoms with van der Waals surface area (Å²) in [5.41, 5.74) is 1.58. The zero-order valence-electron chi connectivity index (χ0n) is 12.9. The number of hydrogen-bond donors (Lipinski definition) is 1. The van der Waals surface area contributed by atoms with Crippen LogP contribution in [0.5, 0.6) is 0 Å². The van der Waals surface area contributed by atoms with E-state index in [2.05, 4.69) is 15.5 Å². The van der Waals surface area contributed by atoms with Crippen molar-refractivity contribution in [1.82, 2.24) is 10.2 Å². The van der Waals surface area contributed by atoms with E-state index in [0.717, 1.165) is 17.3 Å². The number of nitrogens with one attached hydrogen (secondary N) is 1. The number of nitrogens with zero attached hydrogens (tertiary/aromatic N) is 3. The number of carbonyl (C=O) groups excluding carboxylic acids is 1. The molecule has 9 heteroatoms. The molecule has 0 radical (unpaired) electrons. The predicted octanol–water partition coefficient (Wildman–Crippen LogP) is 3.89. The number of benzene rings is 1. The molecule has 0 saturated carbocycles. The summed E-state index contributed by atoms with van der Waals surface area (Å²) in [7, 11) is 0. The van der Waals surface area contributed by atoms with Gasteiger partial charge in [-0.2, -0.15) is 5.26 Å². The molecule has 0 saturated heterocycles. The molecule has 1 aromatic carbocycles. The number of halogens is 1. The Morgan fingerprint density at radius 1 is 1.40 bits per heavy atom. The van der Waals surface area contributed by atoms with E-state index in [0.29, 0.717) is 22.9 Å². The van der Waals surface area contributed by atoms with Gasteiger partial charge in [0.05, 0.1) is 28.2 Å². The Labute approximate surface area is 152 Å². The predicted molar refractivity (Wildman–Crippen MR) is 92.3 cm³/mol. The van der Waals surface area contributed by atoms with Crippen molar-refractivity contribution in [3.63, 3.8) is 0 Å². The maximum absolute atomic E-state index is 12.0. The van der Waals surface area contributed by atoms with Gasteiger partial charge in [0.25, 0.3) is 11.1 Å². The van der Waals surface area contributed by atoms with Crippen molar-refractivity contribution in [2.24, 2.45) is 0 Å². The Morgan fingerprint density at radius 3 is 2.92 bits per heavy atom. The van der Waals surface area contributed by atoms with Gasteiger partial charge < -0.3 is 14.2 Å². The third-order valence-corrected chi connectivity index (χ3v) is 4.33. The first-order valence-corrected chi connectivity index (χ1v) is 8.43. The maximum atomic E-state index is 12.0. The van der Waals surface area contributed by atoms with E-state index in [1.54, 1.807) is 25.1 Å². The molecule has 0 atom stereocenters. The molecule has 1 amide bonds. The van der Waals surface area contributed by atoms with Crippen LogP contribution in [0.3, 0.4) is 0 Å². The molecule has 0 aliphatic rings. The second-order valence-corrected chi connectivity index (χ2v) is 6.24. The minimum Gasteiger partial charge on any atom is -0.469 e. The molecule has 0 aliphatic carbocycles. The van der Waals surface area contributed by atoms with E-state index in [-0.39, 0.29) is 21.9 Å². The van der Waals surface area contributed by atoms with Crippen molar-refractivity contribution >= 4 is 35.0 Å². The number of aryl methyl sites for hydroxylation is 1. The van der Waals surface area contributed by atoms with Gasteiger partial charge in [-0.25, -0.2) is 0 Å². The van der Waals surface area contributed by atoms with Gasteiger partial charge in [0, 0.05) is 5.69 Å². The van der Waals surface area contributed by atoms with Gasteiger partial charge >= 0.3 is 0 Å². The first kappa shape index (κ1) is 17.1. The van der Waals surface area contributed by atoms with E-state index >= 15 is 0 Å². The Kier molecular flexibility index (Phi) is 5.07. The molecule has 1 N–H and O–H groups in total. The summed E-state index contributed by atoms with van der Waals surface area (Å²) >= 11 is 7.05. The van der Waals surface area contributed by atoms with Gasteiger partial charge in [-0.15, -0.1) is 10.2 Å². The minimum absolute atomic E-state index is 0.0869. The smallest absolute Gasteiger partial charge is 0.277 e. The highest BCUT2D eigenvalue weighted by Gasteiger charge is 2.14. The van der Waals surface area contributed by atoms with Crippen LogP contribution in [0.25, 0.3) is 11.5 Å². The van der Waals surface area contributed by atoms with Gasteiger partial charge in [-0.05, 0) is 31.2 Å². The normalized spacial score (nSPS) is 10.4. The monoisotopic (exact) mass is 374 g/mol. The van der Waals surface area contributed by atoms with Gasteiger partial charge in [-0.3, -0.25) is 4.79 Å². The Morgan fingerprint density at radius 2 is 2.24 bits per heavy atom. The summed E-state index contributed by atoms with van der Waals surface area (Å²) in [4.78, 5) is 12.0. The summed E-state index contributed by atoms with van der Waals surface area (Å²) < 4.78 is 10.7. The molecule has 25 heavy (non-hydrogen) atoms. The zero-order chi connectivity index (χ0) is 17.8. The van der Waals surface area contributed by atoms with Crippen molar-refractivity contribution in [2.45, 2.75) is 12.1 Å². The highest BCUT2D eigenvalue weighted by Crippen LogP contribution is 2.26. The fraction of sp³-hybridized carbons (Fsp3) is 0.125. The number of rotatable bonds is 5. The largest absolute Gasteiger partial charge is 0.469 e. The van der Waals surface area contributed by atoms with E-state index < -0.39 is 0 Å². The van der Waals surface area contributed by atoms with Crippen LogP contribution in [0.4, 0.5) is 5.69 Å². The number of nitriles is 1. The van der Waals surface area contributed by atoms with Crippen LogP contribution in [0.2, 0.25) is 5.02 Å². The molecule has 3 rings (SSSR count). The molecule has 2 aromatic heterocycles. The molecular weight excluding hydrogens is 364 g/mol. The zero-order valence-corrected chi connectivity index (χ0v) is 14.5. The molecule has 2 heterocycles. The summed E-state index contributed by atoms with van der Waals surface area (Å²) in [5.74, 6) is 0.845. The fourth-order valence-corrected chi connectivity index (χ4v) is 2.78. The van der Waals surface area contributed by atoms with Crippen molar-refractivity contribution < 1.29 is 13.6 Å². The lowest BCUT2D eigenvalue weighted by Gasteiger charge is -2.05. The van der Waals surface area contributed by atoms with Gasteiger partial charge in [0.2, 0.25) is 5.91 Å². The number of thioether (sulfide) groups is 1. The SMILES string of the molecule is Cc1occc1-c1nnc(SCC(=O)Nc2ccc(C#N)c(Cl)c2)o1. The summed E-state index contributed by atoms with van der Waals surface area (Å²) in [6.07, 6.45) is 1.54. The van der Waals surface area contributed by atoms with Crippen molar-refractivity contribution in [3.8, 4) is 17.5 Å². The first-order valence-electron chi connectivity index (χ1n) is 7.07. The quantitative estimate of drug-likeness (QED) is 0.675. The number of amides is 1. The lowest BCUT2D eigenvalue weighted by Crippen LogP contribution is -2.14. The van der Waals surface area contributed by atoms with Crippen LogP contribution in [-0.2, 0) is 4.79 Å². The molecule has 0 fully saturated rings. The van der Waals surface area contributed by atoms with E-state index in [9.17, 15) is 4.79 Å². The van der Waals surface area contributed by atoms with E-state index in [4.69, 9.17) is 25.7 Å². The minimum atomic E-state index is -0.259. The topological polar surface area (TPSA) is 105 Å². The number of carbonyl (C=O) groups is 1. The number of aromatic nitrogens is 2. The van der Waals surface area contributed by atoms with Crippen LogP contribution >= 0.6 is 23.4 Å². The Bertz CT molecular complexity index is 960. The van der Waals surface area contributed by atoms with Gasteiger partial charge in [0.15, 0.2) is 0 Å². The standard InChI is InChI=1S/C16H11ClN4O3S/c1-9-12(4-5-23-9)15-20-21-16(24-15)25-8-14(22)19-11-3-2-10(7-18)13(17)6-11/h2-6H,8H2,1H3,(H,19,22). The van der Waals surface area contributed by atoms with Crippen LogP contribution < -0.4 is 5.32 Å². The first-order chi connectivity index (χ1) is 12.1. The fourth-order valence-electron chi connectivity index (χ4n) is 1.99. The van der Waals surface area contributed by atoms with E-state index in [1.165, 1.54) is 12.3 Å². The van der Waals surface area contributed by atoms with Crippen molar-refractivity contribution in [3.05, 3.63) is 46.9 Å². The van der Waals surface area contributed by atoms with Crippen molar-refractivity contribution in [2.75, 3.05) is 11.1 Å². The highest BCUT2D eigenvalue weighted by atomic mass is 35.5. The number of furan rings is 1. The number of anilines is 1. The molecule has 126 valence electrons. The summed E-state index contributed by atoms with van der Waals surface area (Å²) in [5, 5.41) is 19.9. The lowest BCUT2D eigenvalue weighted by atomic mass is 10.2. The maximum Gasteiger partial charge on any atom is 0.277 e. The second kappa shape index (κ2) is 7.42. The molecule has 0 unspecified atom stereocenters. The van der Waals surface area contributed by atoms with Crippen molar-refractivity contribution in [1.29, 1.82) is 5.26 Å². The second-order valence-electron chi connectivity index (χ2n) is 4.91. The van der Waals surface area contributed by atoms with Gasteiger partial charge in [0.1, 0.15) is 11.8 Å². The number of hydrogen-bond acceptors (Lipinski definition) is 7. The summed E-state index contributed by atoms with van der Waals surface area (Å²) in [6, 6.07) is 8.37.